The average Bonchev–Trinajstić information content (AvgIpc) is 3.28. The van der Waals surface area contributed by atoms with E-state index in [2.05, 4.69) is 5.32 Å². The van der Waals surface area contributed by atoms with Crippen LogP contribution in [0.25, 0.3) is 0 Å². The Hall–Kier alpha value is -2.24. The maximum Gasteiger partial charge on any atom is 0.309 e. The molecule has 0 unspecified atom stereocenters. The van der Waals surface area contributed by atoms with Crippen LogP contribution in [0.3, 0.4) is 0 Å². The summed E-state index contributed by atoms with van der Waals surface area (Å²) in [6.45, 7) is -0.283. The number of benzene rings is 1. The van der Waals surface area contributed by atoms with Crippen LogP contribution >= 0.6 is 0 Å². The molecule has 108 valence electrons. The highest BCUT2D eigenvalue weighted by atomic mass is 16.5. The van der Waals surface area contributed by atoms with Gasteiger partial charge in [-0.15, -0.1) is 0 Å². The van der Waals surface area contributed by atoms with Crippen molar-refractivity contribution >= 4 is 17.6 Å². The number of anilines is 1. The second kappa shape index (κ2) is 6.27. The van der Waals surface area contributed by atoms with Gasteiger partial charge in [-0.25, -0.2) is 0 Å². The summed E-state index contributed by atoms with van der Waals surface area (Å²) in [5, 5.41) is 2.63. The lowest BCUT2D eigenvalue weighted by Gasteiger charge is -2.10. The van der Waals surface area contributed by atoms with Crippen molar-refractivity contribution in [1.29, 1.82) is 0 Å². The third-order valence-corrected chi connectivity index (χ3v) is 2.89. The van der Waals surface area contributed by atoms with Crippen molar-refractivity contribution in [3.8, 4) is 11.5 Å². The van der Waals surface area contributed by atoms with E-state index in [-0.39, 0.29) is 18.5 Å². The van der Waals surface area contributed by atoms with Gasteiger partial charge in [-0.1, -0.05) is 0 Å². The van der Waals surface area contributed by atoms with Gasteiger partial charge in [0.15, 0.2) is 6.61 Å². The van der Waals surface area contributed by atoms with Crippen molar-refractivity contribution in [1.82, 2.24) is 0 Å². The van der Waals surface area contributed by atoms with Gasteiger partial charge in [0.1, 0.15) is 11.5 Å². The Bertz CT molecular complexity index is 488. The number of amides is 1. The fourth-order valence-corrected chi connectivity index (χ4v) is 1.65. The van der Waals surface area contributed by atoms with Crippen LogP contribution in [0, 0.1) is 5.92 Å². The lowest BCUT2D eigenvalue weighted by Crippen LogP contribution is -2.21. The molecule has 0 saturated heterocycles. The largest absolute Gasteiger partial charge is 0.497 e. The molecule has 6 heteroatoms. The number of nitrogens with one attached hydrogen (secondary N) is 1. The van der Waals surface area contributed by atoms with Crippen LogP contribution in [0.4, 0.5) is 5.69 Å². The monoisotopic (exact) mass is 279 g/mol. The van der Waals surface area contributed by atoms with E-state index in [9.17, 15) is 9.59 Å². The van der Waals surface area contributed by atoms with E-state index >= 15 is 0 Å². The number of esters is 1. The molecule has 0 aromatic heterocycles. The number of carbonyl (C=O) groups is 2. The summed E-state index contributed by atoms with van der Waals surface area (Å²) in [5.74, 6) is 0.418. The molecule has 1 saturated carbocycles. The maximum absolute atomic E-state index is 11.7. The standard InChI is InChI=1S/C14H17NO5/c1-18-11-5-10(6-12(7-11)19-2)15-13(16)8-20-14(17)9-3-4-9/h5-7,9H,3-4,8H2,1-2H3,(H,15,16). The van der Waals surface area contributed by atoms with Crippen LogP contribution in [-0.4, -0.2) is 32.7 Å². The number of carbonyl (C=O) groups excluding carboxylic acids is 2. The molecule has 1 amide bonds. The second-order valence-electron chi connectivity index (χ2n) is 4.53. The number of ether oxygens (including phenoxy) is 3. The molecule has 1 aliphatic rings. The van der Waals surface area contributed by atoms with Gasteiger partial charge in [0.25, 0.3) is 5.91 Å². The minimum atomic E-state index is -0.394. The normalized spacial score (nSPS) is 13.5. The van der Waals surface area contributed by atoms with Gasteiger partial charge < -0.3 is 19.5 Å². The van der Waals surface area contributed by atoms with Crippen LogP contribution in [0.2, 0.25) is 0 Å². The zero-order chi connectivity index (χ0) is 14.5. The third-order valence-electron chi connectivity index (χ3n) is 2.89. The molecule has 0 aliphatic heterocycles. The molecule has 1 fully saturated rings. The van der Waals surface area contributed by atoms with E-state index in [4.69, 9.17) is 14.2 Å². The van der Waals surface area contributed by atoms with Gasteiger partial charge >= 0.3 is 5.97 Å². The highest BCUT2D eigenvalue weighted by Gasteiger charge is 2.31. The Balaban J connectivity index is 1.90. The number of methoxy groups -OCH3 is 2. The molecule has 0 bridgehead atoms. The molecule has 1 aromatic rings. The summed E-state index contributed by atoms with van der Waals surface area (Å²) < 4.78 is 15.1. The van der Waals surface area contributed by atoms with Crippen molar-refractivity contribution in [2.24, 2.45) is 5.92 Å². The molecule has 0 spiro atoms. The third kappa shape index (κ3) is 3.88. The van der Waals surface area contributed by atoms with E-state index in [0.29, 0.717) is 17.2 Å². The van der Waals surface area contributed by atoms with Crippen LogP contribution in [0.15, 0.2) is 18.2 Å². The summed E-state index contributed by atoms with van der Waals surface area (Å²) in [4.78, 5) is 23.0. The molecule has 0 heterocycles. The fraction of sp³-hybridized carbons (Fsp3) is 0.429. The van der Waals surface area contributed by atoms with Crippen molar-refractivity contribution in [2.45, 2.75) is 12.8 Å². The summed E-state index contributed by atoms with van der Waals surface area (Å²) in [7, 11) is 3.05. The first-order valence-corrected chi connectivity index (χ1v) is 6.32. The number of hydrogen-bond donors (Lipinski definition) is 1. The van der Waals surface area contributed by atoms with Crippen LogP contribution in [0.1, 0.15) is 12.8 Å². The molecule has 1 aromatic carbocycles. The topological polar surface area (TPSA) is 73.9 Å². The first-order valence-electron chi connectivity index (χ1n) is 6.32. The highest BCUT2D eigenvalue weighted by molar-refractivity contribution is 5.93. The predicted molar refractivity (Wildman–Crippen MR) is 71.9 cm³/mol. The molecule has 1 N–H and O–H groups in total. The fourth-order valence-electron chi connectivity index (χ4n) is 1.65. The molecule has 1 aliphatic carbocycles. The van der Waals surface area contributed by atoms with Gasteiger partial charge in [0.2, 0.25) is 0 Å². The van der Waals surface area contributed by atoms with Gasteiger partial charge in [-0.2, -0.15) is 0 Å². The first kappa shape index (κ1) is 14.2. The maximum atomic E-state index is 11.7. The number of rotatable bonds is 6. The summed E-state index contributed by atoms with van der Waals surface area (Å²) >= 11 is 0. The van der Waals surface area contributed by atoms with E-state index in [1.807, 2.05) is 0 Å². The minimum absolute atomic E-state index is 0.0142. The number of hydrogen-bond acceptors (Lipinski definition) is 5. The first-order chi connectivity index (χ1) is 9.62. The molecule has 6 nitrogen and oxygen atoms in total. The predicted octanol–water partition coefficient (Wildman–Crippen LogP) is 1.60. The zero-order valence-corrected chi connectivity index (χ0v) is 11.5. The molecule has 0 radical (unpaired) electrons. The Labute approximate surface area is 117 Å². The van der Waals surface area contributed by atoms with Gasteiger partial charge in [0, 0.05) is 23.9 Å². The Morgan fingerprint density at radius 1 is 1.15 bits per heavy atom. The van der Waals surface area contributed by atoms with Crippen molar-refractivity contribution in [3.05, 3.63) is 18.2 Å². The summed E-state index contributed by atoms with van der Waals surface area (Å²) in [6, 6.07) is 5.01. The van der Waals surface area contributed by atoms with Crippen LogP contribution < -0.4 is 14.8 Å². The second-order valence-corrected chi connectivity index (χ2v) is 4.53. The van der Waals surface area contributed by atoms with Crippen molar-refractivity contribution in [2.75, 3.05) is 26.1 Å². The quantitative estimate of drug-likeness (QED) is 0.800. The Morgan fingerprint density at radius 2 is 1.75 bits per heavy atom. The van der Waals surface area contributed by atoms with Gasteiger partial charge in [-0.05, 0) is 12.8 Å². The highest BCUT2D eigenvalue weighted by Crippen LogP contribution is 2.30. The molecule has 2 rings (SSSR count). The average molecular weight is 279 g/mol. The minimum Gasteiger partial charge on any atom is -0.497 e. The van der Waals surface area contributed by atoms with Gasteiger partial charge in [-0.3, -0.25) is 9.59 Å². The summed E-state index contributed by atoms with van der Waals surface area (Å²) in [6.07, 6.45) is 1.71. The van der Waals surface area contributed by atoms with E-state index in [1.54, 1.807) is 18.2 Å². The SMILES string of the molecule is COc1cc(NC(=O)COC(=O)C2CC2)cc(OC)c1. The zero-order valence-electron chi connectivity index (χ0n) is 11.5. The van der Waals surface area contributed by atoms with E-state index < -0.39 is 5.91 Å². The Morgan fingerprint density at radius 3 is 2.25 bits per heavy atom. The van der Waals surface area contributed by atoms with Crippen LogP contribution in [-0.2, 0) is 14.3 Å². The Kier molecular flexibility index (Phi) is 4.45. The lowest BCUT2D eigenvalue weighted by molar-refractivity contribution is -0.148. The molecule has 0 atom stereocenters. The summed E-state index contributed by atoms with van der Waals surface area (Å²) in [5.41, 5.74) is 0.522. The lowest BCUT2D eigenvalue weighted by atomic mass is 10.2. The van der Waals surface area contributed by atoms with Gasteiger partial charge in [0.05, 0.1) is 20.1 Å². The van der Waals surface area contributed by atoms with Crippen LogP contribution in [0.5, 0.6) is 11.5 Å². The van der Waals surface area contributed by atoms with E-state index in [1.165, 1.54) is 14.2 Å². The molecular formula is C14H17NO5. The van der Waals surface area contributed by atoms with E-state index in [0.717, 1.165) is 12.8 Å². The van der Waals surface area contributed by atoms with Crippen molar-refractivity contribution < 1.29 is 23.8 Å². The smallest absolute Gasteiger partial charge is 0.309 e. The van der Waals surface area contributed by atoms with Crippen molar-refractivity contribution in [3.63, 3.8) is 0 Å². The molecule has 20 heavy (non-hydrogen) atoms. The molecular weight excluding hydrogens is 262 g/mol.